The minimum atomic E-state index is -0.474. The lowest BCUT2D eigenvalue weighted by atomic mass is 10.1. The summed E-state index contributed by atoms with van der Waals surface area (Å²) in [4.78, 5) is 13.9. The summed E-state index contributed by atoms with van der Waals surface area (Å²) >= 11 is 0. The highest BCUT2D eigenvalue weighted by Gasteiger charge is 2.28. The number of nitrogens with zero attached hydrogens (tertiary/aromatic N) is 1. The third-order valence-corrected chi connectivity index (χ3v) is 3.52. The van der Waals surface area contributed by atoms with Crippen LogP contribution in [0.1, 0.15) is 39.2 Å². The Bertz CT molecular complexity index is 537. The van der Waals surface area contributed by atoms with Gasteiger partial charge in [0.2, 0.25) is 0 Å². The molecule has 0 saturated carbocycles. The Hall–Kier alpha value is -1.91. The van der Waals surface area contributed by atoms with Crippen molar-refractivity contribution in [2.45, 2.75) is 52.2 Å². The van der Waals surface area contributed by atoms with Crippen LogP contribution >= 0.6 is 0 Å². The standard InChI is InChI=1S/C17H26N2O3/c1-12-10-13(18)7-8-15(12)21-14-6-5-9-19(11-14)16(20)22-17(2,3)4/h7-8,10,14H,5-6,9,11,18H2,1-4H3. The molecule has 22 heavy (non-hydrogen) atoms. The minimum Gasteiger partial charge on any atom is -0.488 e. The van der Waals surface area contributed by atoms with Crippen LogP contribution in [0.2, 0.25) is 0 Å². The average molecular weight is 306 g/mol. The predicted octanol–water partition coefficient (Wildman–Crippen LogP) is 3.36. The maximum atomic E-state index is 12.2. The smallest absolute Gasteiger partial charge is 0.410 e. The first-order valence-corrected chi connectivity index (χ1v) is 7.75. The number of carbonyl (C=O) groups is 1. The van der Waals surface area contributed by atoms with E-state index in [0.29, 0.717) is 6.54 Å². The molecule has 1 amide bonds. The lowest BCUT2D eigenvalue weighted by Gasteiger charge is -2.34. The van der Waals surface area contributed by atoms with Crippen molar-refractivity contribution < 1.29 is 14.3 Å². The molecule has 5 nitrogen and oxygen atoms in total. The molecule has 0 aliphatic carbocycles. The van der Waals surface area contributed by atoms with Crippen LogP contribution in [0, 0.1) is 6.92 Å². The Kier molecular flexibility index (Phi) is 4.84. The first-order chi connectivity index (χ1) is 10.2. The number of piperidine rings is 1. The quantitative estimate of drug-likeness (QED) is 0.851. The summed E-state index contributed by atoms with van der Waals surface area (Å²) < 4.78 is 11.5. The highest BCUT2D eigenvalue weighted by atomic mass is 16.6. The molecule has 1 aliphatic rings. The third kappa shape index (κ3) is 4.55. The second-order valence-electron chi connectivity index (χ2n) is 6.83. The van der Waals surface area contributed by atoms with Gasteiger partial charge in [0, 0.05) is 12.2 Å². The maximum absolute atomic E-state index is 12.2. The molecule has 1 aromatic carbocycles. The van der Waals surface area contributed by atoms with Gasteiger partial charge in [-0.1, -0.05) is 0 Å². The predicted molar refractivity (Wildman–Crippen MR) is 87.0 cm³/mol. The van der Waals surface area contributed by atoms with Gasteiger partial charge in [0.25, 0.3) is 0 Å². The second-order valence-corrected chi connectivity index (χ2v) is 6.83. The van der Waals surface area contributed by atoms with Crippen molar-refractivity contribution in [3.05, 3.63) is 23.8 Å². The minimum absolute atomic E-state index is 0.0106. The van der Waals surface area contributed by atoms with Gasteiger partial charge in [0.1, 0.15) is 17.5 Å². The van der Waals surface area contributed by atoms with E-state index in [-0.39, 0.29) is 12.2 Å². The number of nitrogens with two attached hydrogens (primary N) is 1. The first kappa shape index (κ1) is 16.5. The zero-order chi connectivity index (χ0) is 16.3. The van der Waals surface area contributed by atoms with Crippen molar-refractivity contribution in [3.8, 4) is 5.75 Å². The summed E-state index contributed by atoms with van der Waals surface area (Å²) in [6.45, 7) is 8.87. The van der Waals surface area contributed by atoms with Crippen LogP contribution in [0.3, 0.4) is 0 Å². The molecule has 122 valence electrons. The Labute approximate surface area is 132 Å². The highest BCUT2D eigenvalue weighted by Crippen LogP contribution is 2.24. The maximum Gasteiger partial charge on any atom is 0.410 e. The largest absolute Gasteiger partial charge is 0.488 e. The highest BCUT2D eigenvalue weighted by molar-refractivity contribution is 5.68. The van der Waals surface area contributed by atoms with E-state index < -0.39 is 5.60 Å². The molecule has 1 atom stereocenters. The number of aryl methyl sites for hydroxylation is 1. The van der Waals surface area contributed by atoms with Crippen molar-refractivity contribution >= 4 is 11.8 Å². The summed E-state index contributed by atoms with van der Waals surface area (Å²) in [5.74, 6) is 0.824. The Morgan fingerprint density at radius 3 is 2.73 bits per heavy atom. The molecule has 2 rings (SSSR count). The third-order valence-electron chi connectivity index (χ3n) is 3.52. The molecule has 1 unspecified atom stereocenters. The van der Waals surface area contributed by atoms with E-state index in [2.05, 4.69) is 0 Å². The molecule has 5 heteroatoms. The van der Waals surface area contributed by atoms with Crippen molar-refractivity contribution in [2.24, 2.45) is 0 Å². The topological polar surface area (TPSA) is 64.8 Å². The fourth-order valence-electron chi connectivity index (χ4n) is 2.51. The molecular formula is C17H26N2O3. The average Bonchev–Trinajstić information content (AvgIpc) is 2.40. The van der Waals surface area contributed by atoms with Crippen LogP contribution in [0.25, 0.3) is 0 Å². The van der Waals surface area contributed by atoms with Crippen LogP contribution in [-0.4, -0.2) is 35.8 Å². The van der Waals surface area contributed by atoms with Gasteiger partial charge >= 0.3 is 6.09 Å². The number of benzene rings is 1. The second kappa shape index (κ2) is 6.46. The first-order valence-electron chi connectivity index (χ1n) is 7.75. The Morgan fingerprint density at radius 1 is 1.36 bits per heavy atom. The molecular weight excluding hydrogens is 280 g/mol. The van der Waals surface area contributed by atoms with E-state index >= 15 is 0 Å². The number of amides is 1. The summed E-state index contributed by atoms with van der Waals surface area (Å²) in [5.41, 5.74) is 7.02. The van der Waals surface area contributed by atoms with E-state index in [1.54, 1.807) is 4.90 Å². The SMILES string of the molecule is Cc1cc(N)ccc1OC1CCCN(C(=O)OC(C)(C)C)C1. The van der Waals surface area contributed by atoms with E-state index in [1.807, 2.05) is 45.9 Å². The number of rotatable bonds is 2. The fourth-order valence-corrected chi connectivity index (χ4v) is 2.51. The molecule has 0 radical (unpaired) electrons. The lowest BCUT2D eigenvalue weighted by molar-refractivity contribution is 0.00770. The number of hydrogen-bond acceptors (Lipinski definition) is 4. The van der Waals surface area contributed by atoms with Crippen LogP contribution < -0.4 is 10.5 Å². The molecule has 0 bridgehead atoms. The van der Waals surface area contributed by atoms with Gasteiger partial charge in [-0.15, -0.1) is 0 Å². The van der Waals surface area contributed by atoms with Crippen LogP contribution in [-0.2, 0) is 4.74 Å². The molecule has 1 fully saturated rings. The van der Waals surface area contributed by atoms with Crippen molar-refractivity contribution in [3.63, 3.8) is 0 Å². The molecule has 1 saturated heterocycles. The Balaban J connectivity index is 1.97. The fraction of sp³-hybridized carbons (Fsp3) is 0.588. The molecule has 1 aliphatic heterocycles. The molecule has 1 heterocycles. The summed E-state index contributed by atoms with van der Waals surface area (Å²) in [6.07, 6.45) is 1.57. The molecule has 1 aromatic rings. The lowest BCUT2D eigenvalue weighted by Crippen LogP contribution is -2.46. The molecule has 0 spiro atoms. The van der Waals surface area contributed by atoms with E-state index in [0.717, 1.165) is 36.4 Å². The molecule has 0 aromatic heterocycles. The monoisotopic (exact) mass is 306 g/mol. The number of carbonyl (C=O) groups excluding carboxylic acids is 1. The summed E-state index contributed by atoms with van der Waals surface area (Å²) in [7, 11) is 0. The van der Waals surface area contributed by atoms with E-state index in [9.17, 15) is 4.79 Å². The number of anilines is 1. The van der Waals surface area contributed by atoms with Crippen LogP contribution in [0.15, 0.2) is 18.2 Å². The van der Waals surface area contributed by atoms with Gasteiger partial charge in [0.05, 0.1) is 6.54 Å². The zero-order valence-corrected chi connectivity index (χ0v) is 13.9. The number of hydrogen-bond donors (Lipinski definition) is 1. The number of nitrogen functional groups attached to an aromatic ring is 1. The normalized spacial score (nSPS) is 18.9. The summed E-state index contributed by atoms with van der Waals surface area (Å²) in [6, 6.07) is 5.61. The van der Waals surface area contributed by atoms with Gasteiger partial charge in [-0.05, 0) is 64.3 Å². The van der Waals surface area contributed by atoms with Gasteiger partial charge in [0.15, 0.2) is 0 Å². The number of ether oxygens (including phenoxy) is 2. The van der Waals surface area contributed by atoms with E-state index in [1.165, 1.54) is 0 Å². The molecule has 2 N–H and O–H groups in total. The van der Waals surface area contributed by atoms with Crippen LogP contribution in [0.5, 0.6) is 5.75 Å². The Morgan fingerprint density at radius 2 is 2.09 bits per heavy atom. The van der Waals surface area contributed by atoms with Crippen molar-refractivity contribution in [2.75, 3.05) is 18.8 Å². The van der Waals surface area contributed by atoms with Gasteiger partial charge < -0.3 is 20.1 Å². The van der Waals surface area contributed by atoms with Crippen LogP contribution in [0.4, 0.5) is 10.5 Å². The van der Waals surface area contributed by atoms with Crippen molar-refractivity contribution in [1.29, 1.82) is 0 Å². The number of likely N-dealkylation sites (tertiary alicyclic amines) is 1. The van der Waals surface area contributed by atoms with Gasteiger partial charge in [-0.2, -0.15) is 0 Å². The zero-order valence-electron chi connectivity index (χ0n) is 13.9. The summed E-state index contributed by atoms with van der Waals surface area (Å²) in [5, 5.41) is 0. The van der Waals surface area contributed by atoms with Crippen molar-refractivity contribution in [1.82, 2.24) is 4.90 Å². The van der Waals surface area contributed by atoms with E-state index in [4.69, 9.17) is 15.2 Å². The van der Waals surface area contributed by atoms with Gasteiger partial charge in [-0.25, -0.2) is 4.79 Å². The van der Waals surface area contributed by atoms with Gasteiger partial charge in [-0.3, -0.25) is 0 Å².